The molecule has 1 saturated heterocycles. The molecular formula is C15H18ClN5O2. The molecular weight excluding hydrogens is 318 g/mol. The van der Waals surface area contributed by atoms with E-state index in [0.29, 0.717) is 5.02 Å². The topological polar surface area (TPSA) is 86.3 Å². The van der Waals surface area contributed by atoms with Crippen LogP contribution < -0.4 is 10.5 Å². The minimum Gasteiger partial charge on any atom is -0.496 e. The van der Waals surface area contributed by atoms with Gasteiger partial charge in [-0.1, -0.05) is 22.9 Å². The van der Waals surface area contributed by atoms with E-state index in [1.54, 1.807) is 18.0 Å². The van der Waals surface area contributed by atoms with Crippen molar-refractivity contribution >= 4 is 17.5 Å². The Hall–Kier alpha value is -2.12. The van der Waals surface area contributed by atoms with Crippen molar-refractivity contribution < 1.29 is 9.53 Å². The maximum Gasteiger partial charge on any atom is 0.270 e. The molecule has 1 aliphatic rings. The number of methoxy groups -OCH3 is 1. The number of nitrogens with zero attached hydrogens (tertiary/aromatic N) is 4. The third kappa shape index (κ3) is 3.46. The van der Waals surface area contributed by atoms with Crippen molar-refractivity contribution in [2.24, 2.45) is 5.73 Å². The summed E-state index contributed by atoms with van der Waals surface area (Å²) in [6.45, 7) is 2.53. The van der Waals surface area contributed by atoms with Crippen LogP contribution in [0.3, 0.4) is 0 Å². The van der Waals surface area contributed by atoms with E-state index in [1.165, 1.54) is 0 Å². The lowest BCUT2D eigenvalue weighted by atomic mass is 10.2. The van der Waals surface area contributed by atoms with Gasteiger partial charge in [-0.15, -0.1) is 5.10 Å². The second kappa shape index (κ2) is 6.55. The first-order valence-electron chi connectivity index (χ1n) is 7.33. The molecule has 23 heavy (non-hydrogen) atoms. The molecule has 1 aromatic heterocycles. The number of likely N-dealkylation sites (tertiary alicyclic amines) is 1. The lowest BCUT2D eigenvalue weighted by molar-refractivity contribution is 0.0995. The van der Waals surface area contributed by atoms with Gasteiger partial charge in [0.15, 0.2) is 5.69 Å². The van der Waals surface area contributed by atoms with Gasteiger partial charge in [-0.3, -0.25) is 9.69 Å². The summed E-state index contributed by atoms with van der Waals surface area (Å²) in [7, 11) is 1.64. The Kier molecular flexibility index (Phi) is 4.49. The smallest absolute Gasteiger partial charge is 0.270 e. The van der Waals surface area contributed by atoms with Crippen LogP contribution in [-0.4, -0.2) is 46.0 Å². The standard InChI is InChI=1S/C15H18ClN5O2/c1-23-14-6-11(16)3-2-10(14)7-20-5-4-12(8-20)21-9-13(15(17)22)18-19-21/h2-3,6,9,12H,4-5,7-8H2,1H3,(H2,17,22). The number of hydrogen-bond donors (Lipinski definition) is 1. The number of carbonyl (C=O) groups excluding carboxylic acids is 1. The van der Waals surface area contributed by atoms with E-state index in [0.717, 1.165) is 37.4 Å². The number of benzene rings is 1. The molecule has 1 fully saturated rings. The van der Waals surface area contributed by atoms with Gasteiger partial charge in [0.25, 0.3) is 5.91 Å². The minimum atomic E-state index is -0.558. The van der Waals surface area contributed by atoms with E-state index in [-0.39, 0.29) is 11.7 Å². The fraction of sp³-hybridized carbons (Fsp3) is 0.400. The van der Waals surface area contributed by atoms with Crippen molar-refractivity contribution in [1.29, 1.82) is 0 Å². The Morgan fingerprint density at radius 2 is 2.35 bits per heavy atom. The molecule has 2 N–H and O–H groups in total. The summed E-state index contributed by atoms with van der Waals surface area (Å²) in [5.74, 6) is 0.231. The first kappa shape index (κ1) is 15.8. The quantitative estimate of drug-likeness (QED) is 0.894. The first-order chi connectivity index (χ1) is 11.1. The van der Waals surface area contributed by atoms with Gasteiger partial charge in [0.2, 0.25) is 0 Å². The van der Waals surface area contributed by atoms with Crippen LogP contribution in [0.2, 0.25) is 5.02 Å². The predicted molar refractivity (Wildman–Crippen MR) is 85.5 cm³/mol. The van der Waals surface area contributed by atoms with Gasteiger partial charge in [-0.2, -0.15) is 0 Å². The predicted octanol–water partition coefficient (Wildman–Crippen LogP) is 1.49. The van der Waals surface area contributed by atoms with Crippen molar-refractivity contribution in [3.63, 3.8) is 0 Å². The van der Waals surface area contributed by atoms with Crippen LogP contribution in [0, 0.1) is 0 Å². The molecule has 7 nitrogen and oxygen atoms in total. The zero-order chi connectivity index (χ0) is 16.4. The third-order valence-corrected chi connectivity index (χ3v) is 4.26. The second-order valence-corrected chi connectivity index (χ2v) is 6.02. The monoisotopic (exact) mass is 335 g/mol. The van der Waals surface area contributed by atoms with Gasteiger partial charge in [0.1, 0.15) is 5.75 Å². The molecule has 1 aromatic carbocycles. The maximum absolute atomic E-state index is 11.1. The molecule has 0 spiro atoms. The van der Waals surface area contributed by atoms with Gasteiger partial charge in [0.05, 0.1) is 19.3 Å². The van der Waals surface area contributed by atoms with E-state index in [2.05, 4.69) is 15.2 Å². The summed E-state index contributed by atoms with van der Waals surface area (Å²) in [6, 6.07) is 5.86. The molecule has 8 heteroatoms. The third-order valence-electron chi connectivity index (χ3n) is 4.03. The molecule has 2 aromatic rings. The summed E-state index contributed by atoms with van der Waals surface area (Å²) >= 11 is 5.99. The Morgan fingerprint density at radius 3 is 3.04 bits per heavy atom. The molecule has 1 aliphatic heterocycles. The Bertz CT molecular complexity index is 718. The molecule has 0 saturated carbocycles. The summed E-state index contributed by atoms with van der Waals surface area (Å²) < 4.78 is 7.11. The molecule has 1 amide bonds. The minimum absolute atomic E-state index is 0.189. The molecule has 1 atom stereocenters. The Labute approximate surface area is 139 Å². The van der Waals surface area contributed by atoms with E-state index in [1.807, 2.05) is 18.2 Å². The van der Waals surface area contributed by atoms with E-state index >= 15 is 0 Å². The highest BCUT2D eigenvalue weighted by atomic mass is 35.5. The van der Waals surface area contributed by atoms with Gasteiger partial charge in [0, 0.05) is 30.2 Å². The average Bonchev–Trinajstić information content (AvgIpc) is 3.17. The number of aromatic nitrogens is 3. The maximum atomic E-state index is 11.1. The number of halogens is 1. The van der Waals surface area contributed by atoms with E-state index in [9.17, 15) is 4.79 Å². The molecule has 122 valence electrons. The van der Waals surface area contributed by atoms with Crippen LogP contribution in [0.25, 0.3) is 0 Å². The SMILES string of the molecule is COc1cc(Cl)ccc1CN1CCC(n2cc(C(N)=O)nn2)C1. The van der Waals surface area contributed by atoms with Crippen LogP contribution in [0.5, 0.6) is 5.75 Å². The van der Waals surface area contributed by atoms with Crippen LogP contribution in [-0.2, 0) is 6.54 Å². The fourth-order valence-electron chi connectivity index (χ4n) is 2.83. The van der Waals surface area contributed by atoms with Crippen LogP contribution >= 0.6 is 11.6 Å². The fourth-order valence-corrected chi connectivity index (χ4v) is 2.99. The number of primary amides is 1. The summed E-state index contributed by atoms with van der Waals surface area (Å²) in [4.78, 5) is 13.4. The van der Waals surface area contributed by atoms with Crippen molar-refractivity contribution in [3.8, 4) is 5.75 Å². The summed E-state index contributed by atoms with van der Waals surface area (Å²) in [5.41, 5.74) is 6.50. The van der Waals surface area contributed by atoms with E-state index in [4.69, 9.17) is 22.1 Å². The highest BCUT2D eigenvalue weighted by Gasteiger charge is 2.26. The molecule has 1 unspecified atom stereocenters. The number of rotatable bonds is 5. The van der Waals surface area contributed by atoms with Gasteiger partial charge < -0.3 is 10.5 Å². The lowest BCUT2D eigenvalue weighted by Gasteiger charge is -2.18. The van der Waals surface area contributed by atoms with Crippen LogP contribution in [0.1, 0.15) is 28.5 Å². The Balaban J connectivity index is 1.67. The molecule has 2 heterocycles. The number of ether oxygens (including phenoxy) is 1. The van der Waals surface area contributed by atoms with Crippen LogP contribution in [0.15, 0.2) is 24.4 Å². The highest BCUT2D eigenvalue weighted by molar-refractivity contribution is 6.30. The van der Waals surface area contributed by atoms with E-state index < -0.39 is 5.91 Å². The lowest BCUT2D eigenvalue weighted by Crippen LogP contribution is -2.21. The van der Waals surface area contributed by atoms with Crippen LogP contribution in [0.4, 0.5) is 0 Å². The van der Waals surface area contributed by atoms with Gasteiger partial charge in [-0.25, -0.2) is 4.68 Å². The van der Waals surface area contributed by atoms with Crippen molar-refractivity contribution in [2.75, 3.05) is 20.2 Å². The number of hydrogen-bond acceptors (Lipinski definition) is 5. The number of amides is 1. The first-order valence-corrected chi connectivity index (χ1v) is 7.71. The number of carbonyl (C=O) groups is 1. The molecule has 0 aliphatic carbocycles. The molecule has 0 radical (unpaired) electrons. The number of nitrogens with two attached hydrogens (primary N) is 1. The average molecular weight is 336 g/mol. The van der Waals surface area contributed by atoms with Crippen molar-refractivity contribution in [1.82, 2.24) is 19.9 Å². The normalized spacial score (nSPS) is 18.3. The molecule has 3 rings (SSSR count). The largest absolute Gasteiger partial charge is 0.496 e. The molecule has 0 bridgehead atoms. The zero-order valence-electron chi connectivity index (χ0n) is 12.8. The summed E-state index contributed by atoms with van der Waals surface area (Å²) in [5, 5.41) is 8.45. The second-order valence-electron chi connectivity index (χ2n) is 5.58. The van der Waals surface area contributed by atoms with Gasteiger partial charge in [-0.05, 0) is 18.6 Å². The highest BCUT2D eigenvalue weighted by Crippen LogP contribution is 2.28. The van der Waals surface area contributed by atoms with Gasteiger partial charge >= 0.3 is 0 Å². The Morgan fingerprint density at radius 1 is 1.52 bits per heavy atom. The van der Waals surface area contributed by atoms with Crippen molar-refractivity contribution in [3.05, 3.63) is 40.7 Å². The zero-order valence-corrected chi connectivity index (χ0v) is 13.5. The van der Waals surface area contributed by atoms with Crippen molar-refractivity contribution in [2.45, 2.75) is 19.0 Å². The summed E-state index contributed by atoms with van der Waals surface area (Å²) in [6.07, 6.45) is 2.55.